The number of allylic oxidation sites excluding steroid dienone is 3. The highest BCUT2D eigenvalue weighted by Crippen LogP contribution is 2.80. The van der Waals surface area contributed by atoms with Gasteiger partial charge in [0, 0.05) is 82.1 Å². The molecule has 1 spiro atoms. The van der Waals surface area contributed by atoms with Crippen LogP contribution in [-0.2, 0) is 33.2 Å². The van der Waals surface area contributed by atoms with E-state index >= 15 is 0 Å². The largest absolute Gasteiger partial charge is 0.455 e. The molecule has 0 amide bonds. The van der Waals surface area contributed by atoms with Gasteiger partial charge in [0.05, 0.1) is 30.5 Å². The van der Waals surface area contributed by atoms with Crippen molar-refractivity contribution in [2.24, 2.45) is 34.5 Å². The predicted octanol–water partition coefficient (Wildman–Crippen LogP) is 5.66. The molecule has 6 aliphatic rings. The topological polar surface area (TPSA) is 153 Å². The predicted molar refractivity (Wildman–Crippen MR) is 225 cm³/mol. The molecule has 0 aromatic heterocycles. The molecule has 1 saturated heterocycles. The lowest BCUT2D eigenvalue weighted by molar-refractivity contribution is -0.320. The number of ether oxygens (including phenoxy) is 6. The van der Waals surface area contributed by atoms with Gasteiger partial charge in [-0.25, -0.2) is 9.59 Å². The molecule has 1 aliphatic heterocycles. The molecule has 5 saturated carbocycles. The summed E-state index contributed by atoms with van der Waals surface area (Å²) < 4.78 is 38.2. The Morgan fingerprint density at radius 3 is 2.18 bits per heavy atom. The average molecular weight is 838 g/mol. The van der Waals surface area contributed by atoms with Crippen molar-refractivity contribution < 1.29 is 53.3 Å². The number of unbranched alkanes of at least 4 members (excludes halogenated alkanes) is 10. The number of aliphatic hydroxyl groups is 3. The van der Waals surface area contributed by atoms with Crippen LogP contribution in [0.15, 0.2) is 54.6 Å². The highest BCUT2D eigenvalue weighted by molar-refractivity contribution is 5.89. The minimum atomic E-state index is -1.87. The zero-order chi connectivity index (χ0) is 42.9. The zero-order valence-corrected chi connectivity index (χ0v) is 36.7. The van der Waals surface area contributed by atoms with Gasteiger partial charge in [0.25, 0.3) is 0 Å². The first kappa shape index (κ1) is 45.3. The average Bonchev–Trinajstić information content (AvgIpc) is 3.63. The molecule has 60 heavy (non-hydrogen) atoms. The van der Waals surface area contributed by atoms with Gasteiger partial charge in [-0.3, -0.25) is 0 Å². The van der Waals surface area contributed by atoms with Gasteiger partial charge in [-0.1, -0.05) is 101 Å². The molecule has 7 rings (SSSR count). The third-order valence-electron chi connectivity index (χ3n) is 16.0. The first-order valence-corrected chi connectivity index (χ1v) is 22.7. The standard InChI is InChI=1S/C48H71NO11/c1-7-8-9-10-11-12-13-14-15-16-17-18-19-23-26-35(51)60-48-36-32(28-46(54,43(58-6)41(48)52)42(36)59-44(53)31-24-21-20-22-25-31)47-34(56-4)27-33(50)45(30-55-3)29-49(2)40(47)37(48)38(57-5)39(45)47/h18-26,32-34,36-43,50,52,54H,7-17,27-30H2,1-6H3/b19-18+,26-23+/t32-,33-,34+,36-,37+,38+,39-,40?,41+,42-,43+,45+,46-,47+,48-/m1/s1. The fraction of sp³-hybridized carbons (Fsp3) is 0.750. The summed E-state index contributed by atoms with van der Waals surface area (Å²) in [4.78, 5) is 30.6. The fourth-order valence-corrected chi connectivity index (χ4v) is 14.2. The van der Waals surface area contributed by atoms with Crippen LogP contribution in [0.1, 0.15) is 101 Å². The van der Waals surface area contributed by atoms with Gasteiger partial charge in [-0.2, -0.15) is 0 Å². The number of nitrogens with zero attached hydrogens (tertiary/aromatic N) is 1. The highest BCUT2D eigenvalue weighted by atomic mass is 16.6. The minimum absolute atomic E-state index is 0.0554. The first-order valence-electron chi connectivity index (χ1n) is 22.7. The van der Waals surface area contributed by atoms with Crippen LogP contribution in [0, 0.1) is 34.5 Å². The van der Waals surface area contributed by atoms with E-state index in [4.69, 9.17) is 28.4 Å². The molecule has 12 heteroatoms. The molecule has 1 unspecified atom stereocenters. The maximum atomic E-state index is 14.4. The molecule has 12 nitrogen and oxygen atoms in total. The Kier molecular flexibility index (Phi) is 14.0. The smallest absolute Gasteiger partial charge is 0.338 e. The van der Waals surface area contributed by atoms with Crippen molar-refractivity contribution in [3.63, 3.8) is 0 Å². The van der Waals surface area contributed by atoms with Crippen molar-refractivity contribution in [1.29, 1.82) is 0 Å². The molecule has 5 aliphatic carbocycles. The fourth-order valence-electron chi connectivity index (χ4n) is 14.2. The van der Waals surface area contributed by atoms with Crippen LogP contribution in [0.4, 0.5) is 0 Å². The van der Waals surface area contributed by atoms with Crippen LogP contribution in [0.5, 0.6) is 0 Å². The van der Waals surface area contributed by atoms with E-state index in [1.165, 1.54) is 71.0 Å². The second-order valence-corrected chi connectivity index (χ2v) is 18.9. The number of likely N-dealkylation sites (tertiary alicyclic amines) is 1. The van der Waals surface area contributed by atoms with E-state index in [0.29, 0.717) is 18.5 Å². The summed E-state index contributed by atoms with van der Waals surface area (Å²) in [6.45, 7) is 2.92. The number of rotatable bonds is 21. The number of benzene rings is 1. The Morgan fingerprint density at radius 1 is 0.867 bits per heavy atom. The van der Waals surface area contributed by atoms with Crippen molar-refractivity contribution in [1.82, 2.24) is 4.90 Å². The van der Waals surface area contributed by atoms with Gasteiger partial charge in [0.1, 0.15) is 23.9 Å². The van der Waals surface area contributed by atoms with Crippen LogP contribution in [0.3, 0.4) is 0 Å². The van der Waals surface area contributed by atoms with E-state index in [-0.39, 0.29) is 13.0 Å². The molecule has 1 aromatic carbocycles. The van der Waals surface area contributed by atoms with Crippen molar-refractivity contribution in [2.45, 2.75) is 144 Å². The second kappa shape index (κ2) is 18.6. The van der Waals surface area contributed by atoms with E-state index in [1.807, 2.05) is 13.1 Å². The van der Waals surface area contributed by atoms with Gasteiger partial charge in [-0.15, -0.1) is 0 Å². The summed E-state index contributed by atoms with van der Waals surface area (Å²) in [5.74, 6) is -3.91. The number of aliphatic hydroxyl groups excluding tert-OH is 2. The number of hydrogen-bond acceptors (Lipinski definition) is 12. The molecule has 6 fully saturated rings. The minimum Gasteiger partial charge on any atom is -0.455 e. The summed E-state index contributed by atoms with van der Waals surface area (Å²) in [6.07, 6.45) is 14.7. The normalized spacial score (nSPS) is 41.3. The van der Waals surface area contributed by atoms with E-state index in [9.17, 15) is 24.9 Å². The first-order chi connectivity index (χ1) is 29.0. The van der Waals surface area contributed by atoms with Gasteiger partial charge >= 0.3 is 11.9 Å². The summed E-state index contributed by atoms with van der Waals surface area (Å²) >= 11 is 0. The number of methoxy groups -OCH3 is 4. The molecular weight excluding hydrogens is 767 g/mol. The molecule has 3 N–H and O–H groups in total. The maximum absolute atomic E-state index is 14.4. The third kappa shape index (κ3) is 7.04. The maximum Gasteiger partial charge on any atom is 0.338 e. The molecule has 15 atom stereocenters. The number of carbonyl (C=O) groups excluding carboxylic acids is 2. The van der Waals surface area contributed by atoms with E-state index < -0.39 is 100 Å². The Hall–Kier alpha value is -2.68. The Balaban J connectivity index is 1.23. The third-order valence-corrected chi connectivity index (χ3v) is 16.0. The van der Waals surface area contributed by atoms with E-state index in [1.54, 1.807) is 57.7 Å². The van der Waals surface area contributed by atoms with Gasteiger partial charge in [-0.05, 0) is 44.4 Å². The zero-order valence-electron chi connectivity index (χ0n) is 36.7. The molecule has 0 radical (unpaired) electrons. The summed E-state index contributed by atoms with van der Waals surface area (Å²) in [5, 5.41) is 38.1. The number of piperidine rings is 1. The van der Waals surface area contributed by atoms with Crippen molar-refractivity contribution >= 4 is 11.9 Å². The monoisotopic (exact) mass is 838 g/mol. The van der Waals surface area contributed by atoms with Crippen LogP contribution < -0.4 is 0 Å². The highest BCUT2D eigenvalue weighted by Gasteiger charge is 2.92. The van der Waals surface area contributed by atoms with E-state index in [0.717, 1.165) is 12.8 Å². The molecule has 1 aromatic rings. The van der Waals surface area contributed by atoms with Crippen molar-refractivity contribution in [3.05, 3.63) is 60.2 Å². The summed E-state index contributed by atoms with van der Waals surface area (Å²) in [5.41, 5.74) is -5.00. The summed E-state index contributed by atoms with van der Waals surface area (Å²) in [7, 11) is 8.30. The van der Waals surface area contributed by atoms with E-state index in [2.05, 4.69) is 17.9 Å². The Labute approximate surface area is 356 Å². The van der Waals surface area contributed by atoms with Crippen LogP contribution in [0.2, 0.25) is 0 Å². The van der Waals surface area contributed by atoms with Gasteiger partial charge in [0.15, 0.2) is 5.60 Å². The van der Waals surface area contributed by atoms with Crippen LogP contribution in [0.25, 0.3) is 0 Å². The lowest BCUT2D eigenvalue weighted by Crippen LogP contribution is -2.81. The van der Waals surface area contributed by atoms with Gasteiger partial charge in [0.2, 0.25) is 0 Å². The quantitative estimate of drug-likeness (QED) is 0.0606. The second-order valence-electron chi connectivity index (χ2n) is 18.9. The molecular formula is C48H71NO11. The molecule has 1 heterocycles. The number of carbonyl (C=O) groups is 2. The lowest BCUT2D eigenvalue weighted by Gasteiger charge is -2.70. The van der Waals surface area contributed by atoms with Crippen LogP contribution >= 0.6 is 0 Å². The SMILES string of the molecule is CCCCCCCCCCCC/C=C/C=C/C(=O)O[C@]12[C@H]3[C@@H](OC(=O)c4ccccc4)[C@](O)(C[C@H]3[C@@]34C5[C@@H]1[C@H](OC)[C@@H]3[C@](COC)(CN5C)[C@H](O)C[C@@H]4OC)[C@@H](OC)[C@@H]2O. The lowest BCUT2D eigenvalue weighted by atomic mass is 9.42. The number of hydrogen-bond donors (Lipinski definition) is 3. The van der Waals surface area contributed by atoms with Crippen LogP contribution in [-0.4, -0.2) is 135 Å². The number of esters is 2. The van der Waals surface area contributed by atoms with Crippen molar-refractivity contribution in [2.75, 3.05) is 48.6 Å². The summed E-state index contributed by atoms with van der Waals surface area (Å²) in [6, 6.07) is 8.18. The molecule has 334 valence electrons. The number of fused-ring (bicyclic) bond motifs is 2. The van der Waals surface area contributed by atoms with Gasteiger partial charge < -0.3 is 48.6 Å². The van der Waals surface area contributed by atoms with Crippen molar-refractivity contribution in [3.8, 4) is 0 Å². The molecule has 7 bridgehead atoms. The Morgan fingerprint density at radius 2 is 1.55 bits per heavy atom. The Bertz CT molecular complexity index is 1690.